The summed E-state index contributed by atoms with van der Waals surface area (Å²) in [5, 5.41) is 9.34. The highest BCUT2D eigenvalue weighted by Crippen LogP contribution is 2.08. The largest absolute Gasteiger partial charge is 0.383 e. The Morgan fingerprint density at radius 3 is 2.53 bits per heavy atom. The molecule has 6 nitrogen and oxygen atoms in total. The maximum atomic E-state index is 12.4. The van der Waals surface area contributed by atoms with Gasteiger partial charge in [0, 0.05) is 0 Å². The van der Waals surface area contributed by atoms with E-state index < -0.39 is 28.6 Å². The molecule has 0 saturated heterocycles. The van der Waals surface area contributed by atoms with Crippen molar-refractivity contribution in [3.63, 3.8) is 0 Å². The first kappa shape index (κ1) is 12.0. The fourth-order valence-corrected chi connectivity index (χ4v) is 1.13. The molecular weight excluding hydrogens is 227 g/mol. The third-order valence-electron chi connectivity index (χ3n) is 1.38. The Kier molecular flexibility index (Phi) is 3.66. The van der Waals surface area contributed by atoms with E-state index in [1.165, 1.54) is 0 Å². The van der Waals surface area contributed by atoms with E-state index in [-0.39, 0.29) is 5.82 Å². The van der Waals surface area contributed by atoms with E-state index in [1.807, 2.05) is 0 Å². The van der Waals surface area contributed by atoms with Gasteiger partial charge in [-0.05, 0) is 0 Å². The van der Waals surface area contributed by atoms with Crippen molar-refractivity contribution < 1.29 is 22.1 Å². The summed E-state index contributed by atoms with van der Waals surface area (Å²) in [5.74, 6) is -0.741. The smallest absolute Gasteiger partial charge is 0.264 e. The molecule has 1 aromatic rings. The standard InChI is InChI=1S/C7H9FN2O4S/c1-15(12,13)14-4-6(11)7-9-2-5(8)3-10-7/h2-3,6,11H,4H2,1H3/t6-/m1/s1. The van der Waals surface area contributed by atoms with Crippen LogP contribution in [0, 0.1) is 5.82 Å². The normalized spacial score (nSPS) is 13.8. The number of rotatable bonds is 4. The molecule has 0 bridgehead atoms. The summed E-state index contributed by atoms with van der Waals surface area (Å²) in [4.78, 5) is 6.94. The molecule has 8 heteroatoms. The number of hydrogen-bond acceptors (Lipinski definition) is 6. The predicted octanol–water partition coefficient (Wildman–Crippen LogP) is -0.375. The number of aliphatic hydroxyl groups is 1. The van der Waals surface area contributed by atoms with E-state index in [0.29, 0.717) is 0 Å². The van der Waals surface area contributed by atoms with Crippen molar-refractivity contribution in [2.45, 2.75) is 6.10 Å². The molecule has 0 saturated carbocycles. The number of aliphatic hydroxyl groups excluding tert-OH is 1. The minimum Gasteiger partial charge on any atom is -0.383 e. The maximum absolute atomic E-state index is 12.4. The topological polar surface area (TPSA) is 89.4 Å². The molecule has 0 amide bonds. The molecule has 0 unspecified atom stereocenters. The van der Waals surface area contributed by atoms with Gasteiger partial charge >= 0.3 is 0 Å². The number of halogens is 1. The van der Waals surface area contributed by atoms with Gasteiger partial charge in [-0.1, -0.05) is 0 Å². The fourth-order valence-electron chi connectivity index (χ4n) is 0.757. The lowest BCUT2D eigenvalue weighted by molar-refractivity contribution is 0.104. The fraction of sp³-hybridized carbons (Fsp3) is 0.429. The molecule has 1 aromatic heterocycles. The van der Waals surface area contributed by atoms with Crippen molar-refractivity contribution in [3.8, 4) is 0 Å². The Balaban J connectivity index is 2.61. The minimum atomic E-state index is -3.62. The van der Waals surface area contributed by atoms with Crippen LogP contribution in [0.1, 0.15) is 11.9 Å². The monoisotopic (exact) mass is 236 g/mol. The van der Waals surface area contributed by atoms with E-state index in [4.69, 9.17) is 0 Å². The second kappa shape index (κ2) is 4.60. The Bertz CT molecular complexity index is 419. The molecule has 0 radical (unpaired) electrons. The zero-order valence-electron chi connectivity index (χ0n) is 7.79. The highest BCUT2D eigenvalue weighted by Gasteiger charge is 2.14. The average Bonchev–Trinajstić information content (AvgIpc) is 2.14. The summed E-state index contributed by atoms with van der Waals surface area (Å²) >= 11 is 0. The van der Waals surface area contributed by atoms with Gasteiger partial charge in [-0.3, -0.25) is 4.18 Å². The number of hydrogen-bond donors (Lipinski definition) is 1. The maximum Gasteiger partial charge on any atom is 0.264 e. The molecule has 0 aliphatic carbocycles. The van der Waals surface area contributed by atoms with Gasteiger partial charge < -0.3 is 5.11 Å². The SMILES string of the molecule is CS(=O)(=O)OC[C@@H](O)c1ncc(F)cn1. The molecule has 0 aliphatic heterocycles. The van der Waals surface area contributed by atoms with E-state index in [1.54, 1.807) is 0 Å². The van der Waals surface area contributed by atoms with E-state index >= 15 is 0 Å². The van der Waals surface area contributed by atoms with Gasteiger partial charge in [-0.25, -0.2) is 14.4 Å². The van der Waals surface area contributed by atoms with Gasteiger partial charge in [0.15, 0.2) is 11.6 Å². The van der Waals surface area contributed by atoms with Crippen LogP contribution in [0.3, 0.4) is 0 Å². The lowest BCUT2D eigenvalue weighted by Gasteiger charge is -2.07. The Morgan fingerprint density at radius 2 is 2.07 bits per heavy atom. The van der Waals surface area contributed by atoms with Crippen molar-refractivity contribution in [2.75, 3.05) is 12.9 Å². The Hall–Kier alpha value is -1.12. The van der Waals surface area contributed by atoms with E-state index in [9.17, 15) is 17.9 Å². The third kappa shape index (κ3) is 4.28. The van der Waals surface area contributed by atoms with Crippen LogP contribution in [0.2, 0.25) is 0 Å². The lowest BCUT2D eigenvalue weighted by Crippen LogP contribution is -2.14. The average molecular weight is 236 g/mol. The second-order valence-corrected chi connectivity index (χ2v) is 4.41. The summed E-state index contributed by atoms with van der Waals surface area (Å²) in [6.07, 6.45) is 1.28. The highest BCUT2D eigenvalue weighted by atomic mass is 32.2. The zero-order chi connectivity index (χ0) is 11.5. The summed E-state index contributed by atoms with van der Waals surface area (Å²) in [6, 6.07) is 0. The van der Waals surface area contributed by atoms with Gasteiger partial charge in [0.1, 0.15) is 6.10 Å². The molecule has 0 aliphatic rings. The van der Waals surface area contributed by atoms with Crippen LogP contribution in [-0.4, -0.2) is 36.4 Å². The van der Waals surface area contributed by atoms with Gasteiger partial charge in [-0.15, -0.1) is 0 Å². The van der Waals surface area contributed by atoms with Gasteiger partial charge in [-0.2, -0.15) is 8.42 Å². The third-order valence-corrected chi connectivity index (χ3v) is 1.94. The van der Waals surface area contributed by atoms with Gasteiger partial charge in [0.2, 0.25) is 0 Å². The van der Waals surface area contributed by atoms with Crippen molar-refractivity contribution in [1.29, 1.82) is 0 Å². The van der Waals surface area contributed by atoms with Crippen molar-refractivity contribution in [1.82, 2.24) is 9.97 Å². The van der Waals surface area contributed by atoms with Crippen LogP contribution < -0.4 is 0 Å². The van der Waals surface area contributed by atoms with Gasteiger partial charge in [0.05, 0.1) is 25.3 Å². The van der Waals surface area contributed by atoms with Crippen LogP contribution in [0.25, 0.3) is 0 Å². The highest BCUT2D eigenvalue weighted by molar-refractivity contribution is 7.85. The second-order valence-electron chi connectivity index (χ2n) is 2.76. The molecule has 1 rings (SSSR count). The summed E-state index contributed by atoms with van der Waals surface area (Å²) in [5.41, 5.74) is 0. The van der Waals surface area contributed by atoms with Crippen molar-refractivity contribution >= 4 is 10.1 Å². The molecule has 0 fully saturated rings. The molecule has 1 N–H and O–H groups in total. The summed E-state index contributed by atoms with van der Waals surface area (Å²) in [7, 11) is -3.62. The van der Waals surface area contributed by atoms with E-state index in [0.717, 1.165) is 18.6 Å². The van der Waals surface area contributed by atoms with Crippen molar-refractivity contribution in [2.24, 2.45) is 0 Å². The minimum absolute atomic E-state index is 0.0972. The predicted molar refractivity (Wildman–Crippen MR) is 47.7 cm³/mol. The first-order valence-electron chi connectivity index (χ1n) is 3.88. The Labute approximate surface area is 85.9 Å². The lowest BCUT2D eigenvalue weighted by atomic mass is 10.3. The molecule has 15 heavy (non-hydrogen) atoms. The molecule has 0 spiro atoms. The quantitative estimate of drug-likeness (QED) is 0.717. The number of nitrogens with zero attached hydrogens (tertiary/aromatic N) is 2. The van der Waals surface area contributed by atoms with Crippen LogP contribution in [-0.2, 0) is 14.3 Å². The zero-order valence-corrected chi connectivity index (χ0v) is 8.61. The Morgan fingerprint density at radius 1 is 1.53 bits per heavy atom. The van der Waals surface area contributed by atoms with E-state index in [2.05, 4.69) is 14.2 Å². The van der Waals surface area contributed by atoms with Crippen LogP contribution in [0.15, 0.2) is 12.4 Å². The van der Waals surface area contributed by atoms with Crippen LogP contribution in [0.5, 0.6) is 0 Å². The molecule has 1 heterocycles. The molecule has 84 valence electrons. The van der Waals surface area contributed by atoms with Crippen LogP contribution in [0.4, 0.5) is 4.39 Å². The van der Waals surface area contributed by atoms with Crippen LogP contribution >= 0.6 is 0 Å². The first-order chi connectivity index (χ1) is 6.88. The summed E-state index contributed by atoms with van der Waals surface area (Å²) in [6.45, 7) is -0.496. The number of aromatic nitrogens is 2. The summed E-state index contributed by atoms with van der Waals surface area (Å²) < 4.78 is 37.9. The molecule has 1 atom stereocenters. The molecular formula is C7H9FN2O4S. The van der Waals surface area contributed by atoms with Crippen molar-refractivity contribution in [3.05, 3.63) is 24.0 Å². The first-order valence-corrected chi connectivity index (χ1v) is 5.70. The van der Waals surface area contributed by atoms with Gasteiger partial charge in [0.25, 0.3) is 10.1 Å². The molecule has 0 aromatic carbocycles.